The van der Waals surface area contributed by atoms with Crippen molar-refractivity contribution < 1.29 is 24.5 Å². The highest BCUT2D eigenvalue weighted by Crippen LogP contribution is 2.25. The quantitative estimate of drug-likeness (QED) is 0.726. The molecule has 0 amide bonds. The van der Waals surface area contributed by atoms with Crippen molar-refractivity contribution >= 4 is 11.9 Å². The van der Waals surface area contributed by atoms with Crippen LogP contribution in [-0.2, 0) is 16.0 Å². The van der Waals surface area contributed by atoms with Gasteiger partial charge in [-0.3, -0.25) is 0 Å². The number of aliphatic carboxylic acids is 2. The van der Waals surface area contributed by atoms with E-state index < -0.39 is 11.9 Å². The third-order valence-electron chi connectivity index (χ3n) is 4.54. The van der Waals surface area contributed by atoms with Crippen LogP contribution in [0.1, 0.15) is 24.0 Å². The second-order valence-corrected chi connectivity index (χ2v) is 6.90. The van der Waals surface area contributed by atoms with E-state index >= 15 is 0 Å². The van der Waals surface area contributed by atoms with Crippen molar-refractivity contribution in [1.29, 1.82) is 0 Å². The Bertz CT molecular complexity index is 795. The summed E-state index contributed by atoms with van der Waals surface area (Å²) < 4.78 is 6.28. The van der Waals surface area contributed by atoms with Gasteiger partial charge in [0.1, 0.15) is 11.9 Å². The number of para-hydroxylation sites is 1. The lowest BCUT2D eigenvalue weighted by Crippen LogP contribution is -2.35. The van der Waals surface area contributed by atoms with Gasteiger partial charge in [-0.1, -0.05) is 48.5 Å². The Morgan fingerprint density at radius 1 is 0.966 bits per heavy atom. The third-order valence-corrected chi connectivity index (χ3v) is 4.54. The highest BCUT2D eigenvalue weighted by Gasteiger charge is 2.19. The molecule has 0 aliphatic carbocycles. The molecular weight excluding hydrogens is 370 g/mol. The fraction of sp³-hybridized carbons (Fsp3) is 0.304. The predicted octanol–water partition coefficient (Wildman–Crippen LogP) is 3.46. The van der Waals surface area contributed by atoms with Crippen LogP contribution >= 0.6 is 0 Å². The Balaban J connectivity index is 0.000000321. The van der Waals surface area contributed by atoms with Gasteiger partial charge in [0.2, 0.25) is 0 Å². The standard InChI is InChI=1S/C19H23NO.C4H4O4/c1-20-13-11-18(12-14-20)21-19-10-6-5-9-17(19)15-16-7-3-2-4-8-16;5-3(6)1-2-4(7)8/h2-10,18H,11-15H2,1H3;1-2H,(H,5,6)(H,7,8)/b;2-1+. The van der Waals surface area contributed by atoms with E-state index in [0.717, 1.165) is 38.1 Å². The van der Waals surface area contributed by atoms with Crippen LogP contribution in [0, 0.1) is 0 Å². The molecular formula is C23H27NO5. The summed E-state index contributed by atoms with van der Waals surface area (Å²) in [4.78, 5) is 21.5. The van der Waals surface area contributed by atoms with Gasteiger partial charge in [0.25, 0.3) is 0 Å². The molecule has 6 heteroatoms. The number of rotatable bonds is 6. The van der Waals surface area contributed by atoms with Crippen molar-refractivity contribution in [3.63, 3.8) is 0 Å². The summed E-state index contributed by atoms with van der Waals surface area (Å²) in [6.07, 6.45) is 4.65. The smallest absolute Gasteiger partial charge is 0.328 e. The molecule has 154 valence electrons. The number of hydrogen-bond donors (Lipinski definition) is 2. The third kappa shape index (κ3) is 8.62. The molecule has 1 saturated heterocycles. The first kappa shape index (κ1) is 22.2. The van der Waals surface area contributed by atoms with Gasteiger partial charge in [0, 0.05) is 31.7 Å². The minimum Gasteiger partial charge on any atom is -0.490 e. The summed E-state index contributed by atoms with van der Waals surface area (Å²) in [5.41, 5.74) is 2.61. The van der Waals surface area contributed by atoms with Crippen LogP contribution in [-0.4, -0.2) is 53.3 Å². The second-order valence-electron chi connectivity index (χ2n) is 6.90. The molecule has 0 radical (unpaired) electrons. The molecule has 3 rings (SSSR count). The predicted molar refractivity (Wildman–Crippen MR) is 111 cm³/mol. The van der Waals surface area contributed by atoms with Crippen molar-refractivity contribution in [3.8, 4) is 5.75 Å². The average Bonchev–Trinajstić information content (AvgIpc) is 2.71. The monoisotopic (exact) mass is 397 g/mol. The molecule has 0 saturated carbocycles. The summed E-state index contributed by atoms with van der Waals surface area (Å²) in [5.74, 6) is -1.46. The summed E-state index contributed by atoms with van der Waals surface area (Å²) in [6.45, 7) is 2.26. The number of carboxylic acid groups (broad SMARTS) is 2. The molecule has 0 bridgehead atoms. The van der Waals surface area contributed by atoms with Gasteiger partial charge in [0.05, 0.1) is 0 Å². The summed E-state index contributed by atoms with van der Waals surface area (Å²) in [6, 6.07) is 19.0. The number of ether oxygens (including phenoxy) is 1. The molecule has 0 spiro atoms. The van der Waals surface area contributed by atoms with Gasteiger partial charge in [-0.25, -0.2) is 9.59 Å². The topological polar surface area (TPSA) is 87.1 Å². The lowest BCUT2D eigenvalue weighted by atomic mass is 10.0. The molecule has 1 aliphatic heterocycles. The van der Waals surface area contributed by atoms with E-state index in [0.29, 0.717) is 18.3 Å². The summed E-state index contributed by atoms with van der Waals surface area (Å²) in [7, 11) is 2.18. The fourth-order valence-corrected chi connectivity index (χ4v) is 3.01. The normalized spacial score (nSPS) is 14.8. The lowest BCUT2D eigenvalue weighted by Gasteiger charge is -2.30. The van der Waals surface area contributed by atoms with Crippen LogP contribution in [0.15, 0.2) is 66.7 Å². The van der Waals surface area contributed by atoms with Crippen LogP contribution < -0.4 is 4.74 Å². The van der Waals surface area contributed by atoms with E-state index in [1.165, 1.54) is 11.1 Å². The first-order chi connectivity index (χ1) is 13.9. The number of carboxylic acids is 2. The zero-order valence-corrected chi connectivity index (χ0v) is 16.5. The zero-order chi connectivity index (χ0) is 21.1. The largest absolute Gasteiger partial charge is 0.490 e. The van der Waals surface area contributed by atoms with Gasteiger partial charge in [-0.2, -0.15) is 0 Å². The molecule has 2 N–H and O–H groups in total. The van der Waals surface area contributed by atoms with Crippen LogP contribution in [0.2, 0.25) is 0 Å². The maximum absolute atomic E-state index is 9.55. The van der Waals surface area contributed by atoms with Crippen molar-refractivity contribution in [2.75, 3.05) is 20.1 Å². The minimum atomic E-state index is -1.26. The highest BCUT2D eigenvalue weighted by atomic mass is 16.5. The SMILES string of the molecule is CN1CCC(Oc2ccccc2Cc2ccccc2)CC1.O=C(O)/C=C/C(=O)O. The van der Waals surface area contributed by atoms with E-state index in [1.807, 2.05) is 0 Å². The number of likely N-dealkylation sites (tertiary alicyclic amines) is 1. The number of nitrogens with zero attached hydrogens (tertiary/aromatic N) is 1. The van der Waals surface area contributed by atoms with E-state index in [4.69, 9.17) is 14.9 Å². The van der Waals surface area contributed by atoms with Gasteiger partial charge in [0.15, 0.2) is 0 Å². The molecule has 6 nitrogen and oxygen atoms in total. The van der Waals surface area contributed by atoms with E-state index in [-0.39, 0.29) is 0 Å². The van der Waals surface area contributed by atoms with Gasteiger partial charge < -0.3 is 19.8 Å². The van der Waals surface area contributed by atoms with Gasteiger partial charge in [-0.05, 0) is 37.1 Å². The van der Waals surface area contributed by atoms with Gasteiger partial charge >= 0.3 is 11.9 Å². The fourth-order valence-electron chi connectivity index (χ4n) is 3.01. The number of carbonyl (C=O) groups is 2. The van der Waals surface area contributed by atoms with Crippen LogP contribution in [0.3, 0.4) is 0 Å². The molecule has 1 fully saturated rings. The zero-order valence-electron chi connectivity index (χ0n) is 16.5. The molecule has 2 aromatic carbocycles. The van der Waals surface area contributed by atoms with E-state index in [9.17, 15) is 9.59 Å². The molecule has 29 heavy (non-hydrogen) atoms. The second kappa shape index (κ2) is 11.7. The minimum absolute atomic E-state index is 0.359. The van der Waals surface area contributed by atoms with E-state index in [1.54, 1.807) is 0 Å². The summed E-state index contributed by atoms with van der Waals surface area (Å²) >= 11 is 0. The van der Waals surface area contributed by atoms with Crippen LogP contribution in [0.25, 0.3) is 0 Å². The molecule has 0 unspecified atom stereocenters. The number of hydrogen-bond acceptors (Lipinski definition) is 4. The van der Waals surface area contributed by atoms with Crippen molar-refractivity contribution in [1.82, 2.24) is 4.90 Å². The average molecular weight is 397 g/mol. The Labute approximate surface area is 171 Å². The Morgan fingerprint density at radius 2 is 1.52 bits per heavy atom. The van der Waals surface area contributed by atoms with E-state index in [2.05, 4.69) is 66.5 Å². The van der Waals surface area contributed by atoms with Crippen molar-refractivity contribution in [2.24, 2.45) is 0 Å². The summed E-state index contributed by atoms with van der Waals surface area (Å²) in [5, 5.41) is 15.6. The Hall–Kier alpha value is -3.12. The molecule has 2 aromatic rings. The molecule has 1 aliphatic rings. The lowest BCUT2D eigenvalue weighted by molar-refractivity contribution is -0.134. The Kier molecular flexibility index (Phi) is 8.92. The highest BCUT2D eigenvalue weighted by molar-refractivity contribution is 5.89. The molecule has 0 atom stereocenters. The number of benzene rings is 2. The Morgan fingerprint density at radius 3 is 2.10 bits per heavy atom. The first-order valence-electron chi connectivity index (χ1n) is 9.55. The van der Waals surface area contributed by atoms with Crippen molar-refractivity contribution in [2.45, 2.75) is 25.4 Å². The maximum Gasteiger partial charge on any atom is 0.328 e. The number of piperidine rings is 1. The molecule has 0 aromatic heterocycles. The van der Waals surface area contributed by atoms with Crippen LogP contribution in [0.4, 0.5) is 0 Å². The first-order valence-corrected chi connectivity index (χ1v) is 9.55. The maximum atomic E-state index is 9.55. The van der Waals surface area contributed by atoms with Gasteiger partial charge in [-0.15, -0.1) is 0 Å². The molecule has 1 heterocycles. The van der Waals surface area contributed by atoms with Crippen LogP contribution in [0.5, 0.6) is 5.75 Å². The van der Waals surface area contributed by atoms with Crippen molar-refractivity contribution in [3.05, 3.63) is 77.9 Å².